The predicted octanol–water partition coefficient (Wildman–Crippen LogP) is 4.51. The second-order valence-electron chi connectivity index (χ2n) is 6.59. The van der Waals surface area contributed by atoms with E-state index in [4.69, 9.17) is 4.74 Å². The SMILES string of the molecule is COC(=O)c1c(NC(=O)CSCc2cc(C)cc(C)c2)sc2c1CCC2. The number of rotatable bonds is 6. The van der Waals surface area contributed by atoms with Gasteiger partial charge in [0.25, 0.3) is 0 Å². The van der Waals surface area contributed by atoms with Crippen LogP contribution in [0.15, 0.2) is 18.2 Å². The Kier molecular flexibility index (Phi) is 6.04. The van der Waals surface area contributed by atoms with Gasteiger partial charge in [-0.05, 0) is 44.2 Å². The summed E-state index contributed by atoms with van der Waals surface area (Å²) in [6.07, 6.45) is 2.92. The minimum Gasteiger partial charge on any atom is -0.465 e. The zero-order chi connectivity index (χ0) is 18.7. The monoisotopic (exact) mass is 389 g/mol. The molecule has 6 heteroatoms. The number of benzene rings is 1. The summed E-state index contributed by atoms with van der Waals surface area (Å²) in [6, 6.07) is 6.44. The molecule has 1 heterocycles. The molecule has 138 valence electrons. The van der Waals surface area contributed by atoms with Gasteiger partial charge in [0, 0.05) is 10.6 Å². The fourth-order valence-corrected chi connectivity index (χ4v) is 5.44. The number of amides is 1. The molecule has 0 bridgehead atoms. The molecule has 0 fully saturated rings. The van der Waals surface area contributed by atoms with E-state index in [2.05, 4.69) is 37.4 Å². The van der Waals surface area contributed by atoms with Crippen LogP contribution in [-0.2, 0) is 28.1 Å². The fraction of sp³-hybridized carbons (Fsp3) is 0.400. The number of hydrogen-bond donors (Lipinski definition) is 1. The van der Waals surface area contributed by atoms with Crippen LogP contribution in [0.3, 0.4) is 0 Å². The van der Waals surface area contributed by atoms with Crippen molar-refractivity contribution in [2.75, 3.05) is 18.2 Å². The molecule has 0 radical (unpaired) electrons. The summed E-state index contributed by atoms with van der Waals surface area (Å²) < 4.78 is 4.91. The number of hydrogen-bond acceptors (Lipinski definition) is 5. The van der Waals surface area contributed by atoms with E-state index in [-0.39, 0.29) is 11.9 Å². The zero-order valence-electron chi connectivity index (χ0n) is 15.3. The van der Waals surface area contributed by atoms with E-state index >= 15 is 0 Å². The van der Waals surface area contributed by atoms with Gasteiger partial charge in [0.05, 0.1) is 18.4 Å². The number of carbonyl (C=O) groups excluding carboxylic acids is 2. The van der Waals surface area contributed by atoms with Crippen molar-refractivity contribution in [3.63, 3.8) is 0 Å². The quantitative estimate of drug-likeness (QED) is 0.739. The molecule has 0 aliphatic heterocycles. The standard InChI is InChI=1S/C20H23NO3S2/c1-12-7-13(2)9-14(8-12)10-25-11-17(22)21-19-18(20(23)24-3)15-5-4-6-16(15)26-19/h7-9H,4-6,10-11H2,1-3H3,(H,21,22). The van der Waals surface area contributed by atoms with Crippen molar-refractivity contribution in [1.82, 2.24) is 0 Å². The summed E-state index contributed by atoms with van der Waals surface area (Å²) >= 11 is 3.09. The highest BCUT2D eigenvalue weighted by Gasteiger charge is 2.27. The maximum Gasteiger partial charge on any atom is 0.341 e. The first-order valence-electron chi connectivity index (χ1n) is 8.65. The first kappa shape index (κ1) is 19.0. The lowest BCUT2D eigenvalue weighted by Crippen LogP contribution is -2.16. The molecule has 26 heavy (non-hydrogen) atoms. The molecule has 0 saturated heterocycles. The third-order valence-electron chi connectivity index (χ3n) is 4.35. The smallest absolute Gasteiger partial charge is 0.341 e. The number of nitrogens with one attached hydrogen (secondary N) is 1. The van der Waals surface area contributed by atoms with Crippen LogP contribution in [0.2, 0.25) is 0 Å². The molecule has 1 aliphatic rings. The summed E-state index contributed by atoms with van der Waals surface area (Å²) in [7, 11) is 1.38. The van der Waals surface area contributed by atoms with E-state index in [1.807, 2.05) is 0 Å². The van der Waals surface area contributed by atoms with Crippen LogP contribution in [0.5, 0.6) is 0 Å². The Morgan fingerprint density at radius 2 is 1.92 bits per heavy atom. The van der Waals surface area contributed by atoms with Crippen molar-refractivity contribution >= 4 is 40.0 Å². The minimum absolute atomic E-state index is 0.0792. The Hall–Kier alpha value is -1.79. The molecule has 0 spiro atoms. The molecule has 4 nitrogen and oxygen atoms in total. The van der Waals surface area contributed by atoms with Crippen LogP contribution in [0.25, 0.3) is 0 Å². The van der Waals surface area contributed by atoms with Gasteiger partial charge in [-0.3, -0.25) is 4.79 Å². The van der Waals surface area contributed by atoms with E-state index in [0.29, 0.717) is 16.3 Å². The van der Waals surface area contributed by atoms with Crippen molar-refractivity contribution in [2.45, 2.75) is 38.9 Å². The van der Waals surface area contributed by atoms with E-state index in [0.717, 1.165) is 30.6 Å². The molecule has 1 N–H and O–H groups in total. The molecule has 2 aromatic rings. The van der Waals surface area contributed by atoms with Gasteiger partial charge in [-0.2, -0.15) is 0 Å². The number of esters is 1. The number of methoxy groups -OCH3 is 1. The van der Waals surface area contributed by atoms with Crippen molar-refractivity contribution in [3.05, 3.63) is 50.9 Å². The number of anilines is 1. The summed E-state index contributed by atoms with van der Waals surface area (Å²) in [5.41, 5.74) is 5.31. The van der Waals surface area contributed by atoms with Crippen molar-refractivity contribution in [1.29, 1.82) is 0 Å². The fourth-order valence-electron chi connectivity index (χ4n) is 3.39. The topological polar surface area (TPSA) is 55.4 Å². The predicted molar refractivity (Wildman–Crippen MR) is 108 cm³/mol. The second-order valence-corrected chi connectivity index (χ2v) is 8.68. The molecule has 3 rings (SSSR count). The number of ether oxygens (including phenoxy) is 1. The van der Waals surface area contributed by atoms with Gasteiger partial charge >= 0.3 is 5.97 Å². The lowest BCUT2D eigenvalue weighted by molar-refractivity contribution is -0.113. The maximum absolute atomic E-state index is 12.3. The number of thioether (sulfide) groups is 1. The van der Waals surface area contributed by atoms with Gasteiger partial charge in [0.1, 0.15) is 5.00 Å². The first-order chi connectivity index (χ1) is 12.5. The lowest BCUT2D eigenvalue weighted by Gasteiger charge is -2.08. The third kappa shape index (κ3) is 4.30. The third-order valence-corrected chi connectivity index (χ3v) is 6.56. The van der Waals surface area contributed by atoms with Crippen LogP contribution in [0.4, 0.5) is 5.00 Å². The maximum atomic E-state index is 12.3. The molecule has 1 aliphatic carbocycles. The molecular formula is C20H23NO3S2. The lowest BCUT2D eigenvalue weighted by atomic mass is 10.1. The Morgan fingerprint density at radius 3 is 2.62 bits per heavy atom. The van der Waals surface area contributed by atoms with Crippen molar-refractivity contribution < 1.29 is 14.3 Å². The highest BCUT2D eigenvalue weighted by Crippen LogP contribution is 2.39. The van der Waals surface area contributed by atoms with Crippen molar-refractivity contribution in [2.24, 2.45) is 0 Å². The van der Waals surface area contributed by atoms with E-state index in [9.17, 15) is 9.59 Å². The highest BCUT2D eigenvalue weighted by atomic mass is 32.2. The second kappa shape index (κ2) is 8.27. The zero-order valence-corrected chi connectivity index (χ0v) is 16.9. The van der Waals surface area contributed by atoms with Crippen LogP contribution in [0, 0.1) is 13.8 Å². The van der Waals surface area contributed by atoms with Gasteiger partial charge in [-0.1, -0.05) is 29.3 Å². The average Bonchev–Trinajstić information content (AvgIpc) is 3.13. The van der Waals surface area contributed by atoms with Gasteiger partial charge in [0.15, 0.2) is 0 Å². The summed E-state index contributed by atoms with van der Waals surface area (Å²) in [4.78, 5) is 25.7. The molecular weight excluding hydrogens is 366 g/mol. The largest absolute Gasteiger partial charge is 0.465 e. The summed E-state index contributed by atoms with van der Waals surface area (Å²) in [6.45, 7) is 4.16. The Bertz CT molecular complexity index is 822. The van der Waals surface area contributed by atoms with Gasteiger partial charge in [-0.25, -0.2) is 4.79 Å². The van der Waals surface area contributed by atoms with Gasteiger partial charge in [0.2, 0.25) is 5.91 Å². The summed E-state index contributed by atoms with van der Waals surface area (Å²) in [5.74, 6) is 0.712. The van der Waals surface area contributed by atoms with Gasteiger partial charge in [-0.15, -0.1) is 23.1 Å². The molecule has 1 aromatic carbocycles. The normalized spacial score (nSPS) is 12.7. The Labute approximate surface area is 162 Å². The highest BCUT2D eigenvalue weighted by molar-refractivity contribution is 7.99. The van der Waals surface area contributed by atoms with Crippen LogP contribution >= 0.6 is 23.1 Å². The number of carbonyl (C=O) groups is 2. The van der Waals surface area contributed by atoms with Crippen LogP contribution < -0.4 is 5.32 Å². The number of thiophene rings is 1. The molecule has 1 amide bonds. The molecule has 0 unspecified atom stereocenters. The first-order valence-corrected chi connectivity index (χ1v) is 10.6. The van der Waals surface area contributed by atoms with Crippen LogP contribution in [0.1, 0.15) is 43.9 Å². The Balaban J connectivity index is 1.61. The van der Waals surface area contributed by atoms with E-state index < -0.39 is 0 Å². The molecule has 0 saturated carbocycles. The summed E-state index contributed by atoms with van der Waals surface area (Å²) in [5, 5.41) is 3.56. The average molecular weight is 390 g/mol. The molecule has 1 aromatic heterocycles. The van der Waals surface area contributed by atoms with E-state index in [1.54, 1.807) is 11.8 Å². The number of fused-ring (bicyclic) bond motifs is 1. The number of aryl methyl sites for hydroxylation is 3. The van der Waals surface area contributed by atoms with Crippen LogP contribution in [-0.4, -0.2) is 24.7 Å². The minimum atomic E-state index is -0.359. The Morgan fingerprint density at radius 1 is 1.19 bits per heavy atom. The van der Waals surface area contributed by atoms with E-state index in [1.165, 1.54) is 40.0 Å². The van der Waals surface area contributed by atoms with Gasteiger partial charge < -0.3 is 10.1 Å². The van der Waals surface area contributed by atoms with Crippen molar-refractivity contribution in [3.8, 4) is 0 Å². The molecule has 0 atom stereocenters.